The molecule has 0 N–H and O–H groups in total. The quantitative estimate of drug-likeness (QED) is 0.496. The molecular weight excluding hydrogens is 310 g/mol. The zero-order chi connectivity index (χ0) is 15.6. The Hall–Kier alpha value is -2.52. The van der Waals surface area contributed by atoms with Crippen molar-refractivity contribution in [2.24, 2.45) is 0 Å². The summed E-state index contributed by atoms with van der Waals surface area (Å²) in [7, 11) is 0. The van der Waals surface area contributed by atoms with Gasteiger partial charge < -0.3 is 8.83 Å². The minimum Gasteiger partial charge on any atom is -0.464 e. The van der Waals surface area contributed by atoms with Crippen molar-refractivity contribution in [2.45, 2.75) is 12.8 Å². The van der Waals surface area contributed by atoms with Gasteiger partial charge in [0.15, 0.2) is 11.5 Å². The largest absolute Gasteiger partial charge is 0.464 e. The maximum absolute atomic E-state index is 5.90. The maximum atomic E-state index is 5.90. The Bertz CT molecular complexity index is 924. The second kappa shape index (κ2) is 5.94. The van der Waals surface area contributed by atoms with Gasteiger partial charge in [-0.1, -0.05) is 23.7 Å². The Morgan fingerprint density at radius 3 is 2.61 bits per heavy atom. The molecule has 3 nitrogen and oxygen atoms in total. The molecule has 2 aromatic carbocycles. The van der Waals surface area contributed by atoms with Crippen LogP contribution in [0.5, 0.6) is 0 Å². The highest BCUT2D eigenvalue weighted by Crippen LogP contribution is 2.25. The number of furan rings is 1. The van der Waals surface area contributed by atoms with Crippen molar-refractivity contribution in [3.05, 3.63) is 77.3 Å². The average molecular weight is 324 g/mol. The first-order valence-electron chi connectivity index (χ1n) is 7.46. The van der Waals surface area contributed by atoms with E-state index in [1.54, 1.807) is 6.26 Å². The molecule has 0 aliphatic heterocycles. The van der Waals surface area contributed by atoms with E-state index in [2.05, 4.69) is 4.98 Å². The van der Waals surface area contributed by atoms with Gasteiger partial charge in [-0.3, -0.25) is 0 Å². The molecule has 0 aliphatic rings. The summed E-state index contributed by atoms with van der Waals surface area (Å²) in [6.45, 7) is 0. The predicted octanol–water partition coefficient (Wildman–Crippen LogP) is 5.53. The zero-order valence-corrected chi connectivity index (χ0v) is 13.1. The number of aryl methyl sites for hydroxylation is 2. The van der Waals surface area contributed by atoms with Crippen molar-refractivity contribution >= 4 is 22.7 Å². The van der Waals surface area contributed by atoms with E-state index >= 15 is 0 Å². The van der Waals surface area contributed by atoms with Gasteiger partial charge in [0.2, 0.25) is 0 Å². The summed E-state index contributed by atoms with van der Waals surface area (Å²) in [5.41, 5.74) is 3.87. The Kier molecular flexibility index (Phi) is 3.64. The van der Waals surface area contributed by atoms with Gasteiger partial charge in [-0.05, 0) is 54.4 Å². The molecule has 0 saturated heterocycles. The van der Waals surface area contributed by atoms with Crippen molar-refractivity contribution in [2.75, 3.05) is 0 Å². The fourth-order valence-electron chi connectivity index (χ4n) is 2.58. The lowest BCUT2D eigenvalue weighted by Gasteiger charge is -1.98. The molecule has 4 aromatic rings. The SMILES string of the molecule is Clc1ccc(CCc2nc3cc(-c4ccco4)ccc3o2)cc1. The zero-order valence-electron chi connectivity index (χ0n) is 12.3. The summed E-state index contributed by atoms with van der Waals surface area (Å²) in [6.07, 6.45) is 3.29. The summed E-state index contributed by atoms with van der Waals surface area (Å²) >= 11 is 5.90. The summed E-state index contributed by atoms with van der Waals surface area (Å²) in [5, 5.41) is 0.751. The van der Waals surface area contributed by atoms with Gasteiger partial charge in [-0.15, -0.1) is 0 Å². The fourth-order valence-corrected chi connectivity index (χ4v) is 2.71. The number of nitrogens with zero attached hydrogens (tertiary/aromatic N) is 1. The molecular formula is C19H14ClNO2. The summed E-state index contributed by atoms with van der Waals surface area (Å²) in [4.78, 5) is 4.58. The highest BCUT2D eigenvalue weighted by Gasteiger charge is 2.09. The van der Waals surface area contributed by atoms with E-state index in [9.17, 15) is 0 Å². The molecule has 0 bridgehead atoms. The van der Waals surface area contributed by atoms with Crippen LogP contribution in [-0.4, -0.2) is 4.98 Å². The Morgan fingerprint density at radius 2 is 1.83 bits per heavy atom. The molecule has 2 heterocycles. The van der Waals surface area contributed by atoms with Gasteiger partial charge in [0.1, 0.15) is 11.3 Å². The van der Waals surface area contributed by atoms with Crippen LogP contribution in [0.4, 0.5) is 0 Å². The third-order valence-electron chi connectivity index (χ3n) is 3.78. The first-order chi connectivity index (χ1) is 11.3. The molecule has 0 fully saturated rings. The van der Waals surface area contributed by atoms with E-state index in [-0.39, 0.29) is 0 Å². The highest BCUT2D eigenvalue weighted by atomic mass is 35.5. The molecule has 0 unspecified atom stereocenters. The fraction of sp³-hybridized carbons (Fsp3) is 0.105. The second-order valence-corrected chi connectivity index (χ2v) is 5.83. The van der Waals surface area contributed by atoms with Gasteiger partial charge in [0, 0.05) is 17.0 Å². The molecule has 0 spiro atoms. The van der Waals surface area contributed by atoms with E-state index in [4.69, 9.17) is 20.4 Å². The molecule has 0 atom stereocenters. The number of benzene rings is 2. The lowest BCUT2D eigenvalue weighted by Crippen LogP contribution is -1.90. The van der Waals surface area contributed by atoms with Crippen LogP contribution < -0.4 is 0 Å². The van der Waals surface area contributed by atoms with Crippen molar-refractivity contribution in [3.8, 4) is 11.3 Å². The molecule has 114 valence electrons. The van der Waals surface area contributed by atoms with Crippen LogP contribution in [0, 0.1) is 0 Å². The van der Waals surface area contributed by atoms with Crippen molar-refractivity contribution < 1.29 is 8.83 Å². The second-order valence-electron chi connectivity index (χ2n) is 5.39. The summed E-state index contributed by atoms with van der Waals surface area (Å²) < 4.78 is 11.2. The van der Waals surface area contributed by atoms with E-state index < -0.39 is 0 Å². The van der Waals surface area contributed by atoms with Gasteiger partial charge in [-0.2, -0.15) is 0 Å². The van der Waals surface area contributed by atoms with Crippen LogP contribution in [-0.2, 0) is 12.8 Å². The molecule has 23 heavy (non-hydrogen) atoms. The monoisotopic (exact) mass is 323 g/mol. The van der Waals surface area contributed by atoms with Crippen molar-refractivity contribution in [1.82, 2.24) is 4.98 Å². The standard InChI is InChI=1S/C19H14ClNO2/c20-15-7-3-13(4-8-15)5-10-19-21-16-12-14(6-9-18(16)23-19)17-2-1-11-22-17/h1-4,6-9,11-12H,5,10H2. The Balaban J connectivity index is 1.55. The number of halogens is 1. The van der Waals surface area contributed by atoms with E-state index in [1.807, 2.05) is 54.6 Å². The lowest BCUT2D eigenvalue weighted by atomic mass is 10.1. The molecule has 0 radical (unpaired) electrons. The molecule has 0 saturated carbocycles. The van der Waals surface area contributed by atoms with E-state index in [0.29, 0.717) is 0 Å². The van der Waals surface area contributed by atoms with Crippen LogP contribution in [0.1, 0.15) is 11.5 Å². The predicted molar refractivity (Wildman–Crippen MR) is 90.6 cm³/mol. The van der Waals surface area contributed by atoms with Crippen LogP contribution in [0.3, 0.4) is 0 Å². The maximum Gasteiger partial charge on any atom is 0.195 e. The van der Waals surface area contributed by atoms with Gasteiger partial charge in [0.05, 0.1) is 6.26 Å². The first kappa shape index (κ1) is 14.1. The molecule has 2 aromatic heterocycles. The smallest absolute Gasteiger partial charge is 0.195 e. The molecule has 0 amide bonds. The van der Waals surface area contributed by atoms with Crippen LogP contribution in [0.2, 0.25) is 5.02 Å². The third-order valence-corrected chi connectivity index (χ3v) is 4.03. The molecule has 4 heteroatoms. The topological polar surface area (TPSA) is 39.2 Å². The number of oxazole rings is 1. The average Bonchev–Trinajstić information content (AvgIpc) is 3.23. The van der Waals surface area contributed by atoms with Crippen LogP contribution >= 0.6 is 11.6 Å². The Morgan fingerprint density at radius 1 is 0.957 bits per heavy atom. The van der Waals surface area contributed by atoms with Gasteiger partial charge in [-0.25, -0.2) is 4.98 Å². The van der Waals surface area contributed by atoms with E-state index in [1.165, 1.54) is 5.56 Å². The summed E-state index contributed by atoms with van der Waals surface area (Å²) in [5.74, 6) is 1.57. The summed E-state index contributed by atoms with van der Waals surface area (Å²) in [6, 6.07) is 17.6. The minimum atomic E-state index is 0.742. The third kappa shape index (κ3) is 3.01. The first-order valence-corrected chi connectivity index (χ1v) is 7.83. The normalized spacial score (nSPS) is 11.2. The van der Waals surface area contributed by atoms with E-state index in [0.717, 1.165) is 46.2 Å². The Labute approximate surface area is 138 Å². The molecule has 4 rings (SSSR count). The lowest BCUT2D eigenvalue weighted by molar-refractivity contribution is 0.528. The highest BCUT2D eigenvalue weighted by molar-refractivity contribution is 6.30. The van der Waals surface area contributed by atoms with Crippen molar-refractivity contribution in [1.29, 1.82) is 0 Å². The van der Waals surface area contributed by atoms with Crippen LogP contribution in [0.25, 0.3) is 22.4 Å². The number of hydrogen-bond acceptors (Lipinski definition) is 3. The number of hydrogen-bond donors (Lipinski definition) is 0. The number of rotatable bonds is 4. The number of fused-ring (bicyclic) bond motifs is 1. The van der Waals surface area contributed by atoms with Crippen molar-refractivity contribution in [3.63, 3.8) is 0 Å². The number of aromatic nitrogens is 1. The van der Waals surface area contributed by atoms with Crippen LogP contribution in [0.15, 0.2) is 69.7 Å². The molecule has 0 aliphatic carbocycles. The van der Waals surface area contributed by atoms with Gasteiger partial charge in [0.25, 0.3) is 0 Å². The minimum absolute atomic E-state index is 0.742. The van der Waals surface area contributed by atoms with Gasteiger partial charge >= 0.3 is 0 Å².